The Morgan fingerprint density at radius 3 is 1.18 bits per heavy atom. The highest BCUT2D eigenvalue weighted by Crippen LogP contribution is 2.26. The molecule has 1 saturated heterocycles. The number of aliphatic hydroxyl groups excluding tert-OH is 2. The first-order chi connectivity index (χ1) is 40.6. The Morgan fingerprint density at radius 2 is 0.759 bits per heavy atom. The van der Waals surface area contributed by atoms with Crippen LogP contribution in [-0.4, -0.2) is 89.2 Å². The van der Waals surface area contributed by atoms with Gasteiger partial charge in [-0.15, -0.1) is 0 Å². The van der Waals surface area contributed by atoms with Crippen molar-refractivity contribution in [1.29, 1.82) is 0 Å². The molecule has 1 heterocycles. The van der Waals surface area contributed by atoms with Crippen LogP contribution in [0.4, 0.5) is 0 Å². The van der Waals surface area contributed by atoms with Gasteiger partial charge in [-0.25, -0.2) is 4.79 Å². The molecule has 470 valence electrons. The molecule has 83 heavy (non-hydrogen) atoms. The van der Waals surface area contributed by atoms with Gasteiger partial charge in [0, 0.05) is 19.3 Å². The zero-order valence-electron chi connectivity index (χ0n) is 51.9. The average Bonchev–Trinajstić information content (AvgIpc) is 3.60. The SMILES string of the molecule is CC/C=C\C/C=C\C/C=C\C/C=C\CCCCCCCCC(=O)OC1C(OCC(COC(=O)CCCCCCCCCCC/C=C\C/C=C\CCCCC)OC(=O)CCCC/C=C\C/C=C\C/C=C\C/C=C\CC)OC(C(=O)O)C(O)C1O. The molecular weight excluding hydrogens is 1040 g/mol. The number of carboxylic acids is 1. The molecular formula is C71H114O12. The summed E-state index contributed by atoms with van der Waals surface area (Å²) in [5.74, 6) is -3.21. The number of rotatable bonds is 54. The first-order valence-electron chi connectivity index (χ1n) is 32.5. The summed E-state index contributed by atoms with van der Waals surface area (Å²) in [4.78, 5) is 51.3. The van der Waals surface area contributed by atoms with Gasteiger partial charge in [-0.3, -0.25) is 14.4 Å². The number of carboxylic acid groups (broad SMARTS) is 1. The predicted molar refractivity (Wildman–Crippen MR) is 340 cm³/mol. The van der Waals surface area contributed by atoms with E-state index in [0.717, 1.165) is 135 Å². The van der Waals surface area contributed by atoms with E-state index < -0.39 is 67.3 Å². The van der Waals surface area contributed by atoms with Gasteiger partial charge in [-0.1, -0.05) is 226 Å². The lowest BCUT2D eigenvalue weighted by atomic mass is 9.98. The van der Waals surface area contributed by atoms with E-state index in [4.69, 9.17) is 23.7 Å². The molecule has 1 aliphatic rings. The first-order valence-corrected chi connectivity index (χ1v) is 32.5. The van der Waals surface area contributed by atoms with Crippen molar-refractivity contribution in [3.05, 3.63) is 122 Å². The third-order valence-corrected chi connectivity index (χ3v) is 14.0. The third-order valence-electron chi connectivity index (χ3n) is 14.0. The van der Waals surface area contributed by atoms with Crippen molar-refractivity contribution in [2.24, 2.45) is 0 Å². The molecule has 3 N–H and O–H groups in total. The second-order valence-electron chi connectivity index (χ2n) is 21.6. The van der Waals surface area contributed by atoms with Crippen LogP contribution in [0.25, 0.3) is 0 Å². The van der Waals surface area contributed by atoms with E-state index in [1.807, 2.05) is 0 Å². The monoisotopic (exact) mass is 1160 g/mol. The lowest BCUT2D eigenvalue weighted by Crippen LogP contribution is -2.61. The molecule has 12 nitrogen and oxygen atoms in total. The minimum absolute atomic E-state index is 0.0328. The maximum atomic E-state index is 13.2. The molecule has 1 rings (SSSR count). The highest BCUT2D eigenvalue weighted by molar-refractivity contribution is 5.74. The van der Waals surface area contributed by atoms with Crippen LogP contribution >= 0.6 is 0 Å². The van der Waals surface area contributed by atoms with E-state index in [-0.39, 0.29) is 25.9 Å². The number of ether oxygens (including phenoxy) is 5. The Hall–Kier alpha value is -4.88. The molecule has 0 spiro atoms. The molecule has 6 atom stereocenters. The lowest BCUT2D eigenvalue weighted by molar-refractivity contribution is -0.301. The summed E-state index contributed by atoms with van der Waals surface area (Å²) in [5.41, 5.74) is 0. The van der Waals surface area contributed by atoms with Crippen molar-refractivity contribution in [2.45, 2.75) is 289 Å². The summed E-state index contributed by atoms with van der Waals surface area (Å²) in [6.07, 6.45) is 67.2. The molecule has 0 aromatic carbocycles. The summed E-state index contributed by atoms with van der Waals surface area (Å²) in [7, 11) is 0. The topological polar surface area (TPSA) is 175 Å². The molecule has 0 aromatic rings. The van der Waals surface area contributed by atoms with Gasteiger partial charge >= 0.3 is 23.9 Å². The van der Waals surface area contributed by atoms with E-state index in [0.29, 0.717) is 19.3 Å². The van der Waals surface area contributed by atoms with Crippen molar-refractivity contribution in [3.8, 4) is 0 Å². The summed E-state index contributed by atoms with van der Waals surface area (Å²) in [6, 6.07) is 0. The number of carbonyl (C=O) groups excluding carboxylic acids is 3. The minimum Gasteiger partial charge on any atom is -0.479 e. The lowest BCUT2D eigenvalue weighted by Gasteiger charge is -2.40. The van der Waals surface area contributed by atoms with Crippen LogP contribution in [0.2, 0.25) is 0 Å². The van der Waals surface area contributed by atoms with Crippen LogP contribution in [0, 0.1) is 0 Å². The van der Waals surface area contributed by atoms with Gasteiger partial charge in [-0.2, -0.15) is 0 Å². The summed E-state index contributed by atoms with van der Waals surface area (Å²) >= 11 is 0. The number of hydrogen-bond acceptors (Lipinski definition) is 11. The molecule has 12 heteroatoms. The number of hydrogen-bond donors (Lipinski definition) is 3. The standard InChI is InChI=1S/C71H114O12/c1-4-7-10-13-16-19-22-25-28-30-32-34-37-39-42-45-48-51-54-57-63(72)79-60-62(81-64(73)58-55-52-49-46-43-40-36-27-24-21-18-15-12-9-6-3)61-80-71-69(67(76)66(75)68(83-71)70(77)78)82-65(74)59-56-53-50-47-44-41-38-35-33-31-29-26-23-20-17-14-11-8-5-2/h8-9,11-12,16-21,25-29,33,35-36,43,46,62,66-69,71,75-76H,4-7,10,13-15,22-24,30-32,34,37-42,44-45,47-61H2,1-3H3,(H,77,78)/b11-8-,12-9-,19-16-,20-17-,21-18-,28-25-,29-26-,35-33-,36-27-,46-43-. The highest BCUT2D eigenvalue weighted by atomic mass is 16.7. The fourth-order valence-electron chi connectivity index (χ4n) is 9.09. The van der Waals surface area contributed by atoms with Gasteiger partial charge in [0.05, 0.1) is 6.61 Å². The zero-order chi connectivity index (χ0) is 60.3. The van der Waals surface area contributed by atoms with Gasteiger partial charge in [-0.05, 0) is 128 Å². The van der Waals surface area contributed by atoms with Crippen molar-refractivity contribution in [3.63, 3.8) is 0 Å². The predicted octanol–water partition coefficient (Wildman–Crippen LogP) is 17.6. The molecule has 0 aliphatic carbocycles. The number of aliphatic hydroxyl groups is 2. The van der Waals surface area contributed by atoms with Crippen LogP contribution in [0.1, 0.15) is 252 Å². The quantitative estimate of drug-likeness (QED) is 0.0228. The number of aliphatic carboxylic acids is 1. The number of allylic oxidation sites excluding steroid dienone is 20. The first kappa shape index (κ1) is 76.1. The molecule has 0 amide bonds. The smallest absolute Gasteiger partial charge is 0.335 e. The fourth-order valence-corrected chi connectivity index (χ4v) is 9.09. The second-order valence-corrected chi connectivity index (χ2v) is 21.6. The van der Waals surface area contributed by atoms with E-state index in [1.165, 1.54) is 57.8 Å². The van der Waals surface area contributed by atoms with Crippen LogP contribution < -0.4 is 0 Å². The Bertz CT molecular complexity index is 1900. The molecule has 1 fully saturated rings. The highest BCUT2D eigenvalue weighted by Gasteiger charge is 2.50. The molecule has 0 aromatic heterocycles. The van der Waals surface area contributed by atoms with E-state index in [9.17, 15) is 34.5 Å². The fraction of sp³-hybridized carbons (Fsp3) is 0.662. The van der Waals surface area contributed by atoms with E-state index in [1.54, 1.807) is 0 Å². The van der Waals surface area contributed by atoms with E-state index in [2.05, 4.69) is 142 Å². The van der Waals surface area contributed by atoms with E-state index >= 15 is 0 Å². The van der Waals surface area contributed by atoms with Crippen LogP contribution in [0.15, 0.2) is 122 Å². The average molecular weight is 1160 g/mol. The minimum atomic E-state index is -1.92. The Kier molecular flexibility index (Phi) is 52.8. The Balaban J connectivity index is 2.69. The largest absolute Gasteiger partial charge is 0.479 e. The molecule has 0 radical (unpaired) electrons. The number of unbranched alkanes of at least 4 members (excludes halogenated alkanes) is 20. The molecule has 0 bridgehead atoms. The molecule has 6 unspecified atom stereocenters. The van der Waals surface area contributed by atoms with Crippen LogP contribution in [-0.2, 0) is 42.9 Å². The van der Waals surface area contributed by atoms with Crippen LogP contribution in [0.3, 0.4) is 0 Å². The Morgan fingerprint density at radius 1 is 0.410 bits per heavy atom. The number of carbonyl (C=O) groups is 4. The van der Waals surface area contributed by atoms with Gasteiger partial charge < -0.3 is 39.0 Å². The summed E-state index contributed by atoms with van der Waals surface area (Å²) < 4.78 is 28.5. The maximum absolute atomic E-state index is 13.2. The molecule has 0 saturated carbocycles. The summed E-state index contributed by atoms with van der Waals surface area (Å²) in [6.45, 7) is 5.71. The number of esters is 3. The second kappa shape index (κ2) is 57.5. The molecule has 1 aliphatic heterocycles. The Labute approximate surface area is 503 Å². The summed E-state index contributed by atoms with van der Waals surface area (Å²) in [5, 5.41) is 31.6. The van der Waals surface area contributed by atoms with Gasteiger partial charge in [0.2, 0.25) is 0 Å². The maximum Gasteiger partial charge on any atom is 0.335 e. The normalized spacial score (nSPS) is 18.4. The van der Waals surface area contributed by atoms with Crippen LogP contribution in [0.5, 0.6) is 0 Å². The zero-order valence-corrected chi connectivity index (χ0v) is 51.9. The van der Waals surface area contributed by atoms with Gasteiger partial charge in [0.15, 0.2) is 24.6 Å². The van der Waals surface area contributed by atoms with Gasteiger partial charge in [0.25, 0.3) is 0 Å². The third kappa shape index (κ3) is 47.1. The van der Waals surface area contributed by atoms with Crippen molar-refractivity contribution in [1.82, 2.24) is 0 Å². The van der Waals surface area contributed by atoms with Crippen molar-refractivity contribution >= 4 is 23.9 Å². The van der Waals surface area contributed by atoms with Crippen molar-refractivity contribution in [2.75, 3.05) is 13.2 Å². The van der Waals surface area contributed by atoms with Crippen molar-refractivity contribution < 1.29 is 58.2 Å². The van der Waals surface area contributed by atoms with Gasteiger partial charge in [0.1, 0.15) is 18.8 Å².